The molecule has 0 aliphatic carbocycles. The SMILES string of the molecule is C=C(C)OC(=O)N1CCC(c2noc3ccsc23)CC1. The van der Waals surface area contributed by atoms with E-state index in [0.717, 1.165) is 28.8 Å². The van der Waals surface area contributed by atoms with Gasteiger partial charge < -0.3 is 14.2 Å². The van der Waals surface area contributed by atoms with Crippen LogP contribution in [-0.2, 0) is 4.74 Å². The highest BCUT2D eigenvalue weighted by atomic mass is 32.1. The van der Waals surface area contributed by atoms with E-state index in [9.17, 15) is 4.79 Å². The fourth-order valence-corrected chi connectivity index (χ4v) is 3.38. The van der Waals surface area contributed by atoms with Gasteiger partial charge in [0.15, 0.2) is 5.58 Å². The van der Waals surface area contributed by atoms with Gasteiger partial charge in [0.05, 0.1) is 10.5 Å². The van der Waals surface area contributed by atoms with E-state index in [1.807, 2.05) is 11.4 Å². The van der Waals surface area contributed by atoms with Gasteiger partial charge in [-0.25, -0.2) is 4.79 Å². The summed E-state index contributed by atoms with van der Waals surface area (Å²) in [5.41, 5.74) is 1.89. The Morgan fingerprint density at radius 3 is 3.00 bits per heavy atom. The third kappa shape index (κ3) is 2.43. The molecule has 0 radical (unpaired) electrons. The van der Waals surface area contributed by atoms with Crippen molar-refractivity contribution in [2.45, 2.75) is 25.7 Å². The molecule has 3 heterocycles. The number of carbonyl (C=O) groups excluding carboxylic acids is 1. The Kier molecular flexibility index (Phi) is 3.48. The Morgan fingerprint density at radius 2 is 2.30 bits per heavy atom. The lowest BCUT2D eigenvalue weighted by atomic mass is 9.94. The van der Waals surface area contributed by atoms with Gasteiger partial charge in [-0.15, -0.1) is 11.3 Å². The number of piperidine rings is 1. The van der Waals surface area contributed by atoms with Crippen LogP contribution in [0, 0.1) is 0 Å². The van der Waals surface area contributed by atoms with Gasteiger partial charge in [0.1, 0.15) is 5.69 Å². The Labute approximate surface area is 120 Å². The topological polar surface area (TPSA) is 55.6 Å². The van der Waals surface area contributed by atoms with Gasteiger partial charge in [-0.1, -0.05) is 11.7 Å². The van der Waals surface area contributed by atoms with E-state index < -0.39 is 0 Å². The second-order valence-corrected chi connectivity index (χ2v) is 5.93. The molecule has 0 saturated carbocycles. The first-order valence-corrected chi connectivity index (χ1v) is 7.48. The summed E-state index contributed by atoms with van der Waals surface area (Å²) in [6, 6.07) is 1.94. The van der Waals surface area contributed by atoms with Crippen LogP contribution < -0.4 is 0 Å². The van der Waals surface area contributed by atoms with Crippen LogP contribution in [0.5, 0.6) is 0 Å². The fraction of sp³-hybridized carbons (Fsp3) is 0.429. The van der Waals surface area contributed by atoms with Crippen LogP contribution in [0.4, 0.5) is 4.79 Å². The molecule has 2 aromatic heterocycles. The number of allylic oxidation sites excluding steroid dienone is 1. The number of amides is 1. The van der Waals surface area contributed by atoms with Gasteiger partial charge in [0.25, 0.3) is 0 Å². The molecule has 20 heavy (non-hydrogen) atoms. The lowest BCUT2D eigenvalue weighted by Gasteiger charge is -2.30. The van der Waals surface area contributed by atoms with Crippen LogP contribution in [0.1, 0.15) is 31.4 Å². The summed E-state index contributed by atoms with van der Waals surface area (Å²) in [6.45, 7) is 6.61. The maximum atomic E-state index is 11.8. The van der Waals surface area contributed by atoms with Crippen molar-refractivity contribution >= 4 is 27.7 Å². The standard InChI is InChI=1S/C14H16N2O3S/c1-9(2)18-14(17)16-6-3-10(4-7-16)12-13-11(19-15-12)5-8-20-13/h5,8,10H,1,3-4,6-7H2,2H3. The van der Waals surface area contributed by atoms with Gasteiger partial charge in [-0.3, -0.25) is 0 Å². The van der Waals surface area contributed by atoms with Crippen molar-refractivity contribution in [2.24, 2.45) is 0 Å². The Hall–Kier alpha value is -1.82. The number of hydrogen-bond donors (Lipinski definition) is 0. The second-order valence-electron chi connectivity index (χ2n) is 5.01. The molecular weight excluding hydrogens is 276 g/mol. The molecule has 1 aliphatic heterocycles. The third-order valence-electron chi connectivity index (χ3n) is 3.51. The van der Waals surface area contributed by atoms with Gasteiger partial charge in [-0.05, 0) is 31.2 Å². The summed E-state index contributed by atoms with van der Waals surface area (Å²) in [5.74, 6) is 0.776. The number of nitrogens with zero attached hydrogens (tertiary/aromatic N) is 2. The highest BCUT2D eigenvalue weighted by Gasteiger charge is 2.28. The smallest absolute Gasteiger partial charge is 0.414 e. The maximum absolute atomic E-state index is 11.8. The van der Waals surface area contributed by atoms with Crippen molar-refractivity contribution in [3.63, 3.8) is 0 Å². The summed E-state index contributed by atoms with van der Waals surface area (Å²) >= 11 is 1.66. The molecule has 2 aromatic rings. The zero-order chi connectivity index (χ0) is 14.1. The minimum Gasteiger partial charge on any atom is -0.416 e. The van der Waals surface area contributed by atoms with Gasteiger partial charge in [0, 0.05) is 19.0 Å². The van der Waals surface area contributed by atoms with Crippen molar-refractivity contribution in [3.8, 4) is 0 Å². The Balaban J connectivity index is 1.65. The summed E-state index contributed by atoms with van der Waals surface area (Å²) in [6.07, 6.45) is 1.45. The molecule has 106 valence electrons. The van der Waals surface area contributed by atoms with E-state index >= 15 is 0 Å². The van der Waals surface area contributed by atoms with E-state index in [2.05, 4.69) is 11.7 Å². The van der Waals surface area contributed by atoms with Crippen LogP contribution in [0.15, 0.2) is 28.3 Å². The average Bonchev–Trinajstić information content (AvgIpc) is 3.00. The first kappa shape index (κ1) is 13.2. The minimum atomic E-state index is -0.308. The van der Waals surface area contributed by atoms with E-state index in [1.165, 1.54) is 0 Å². The molecule has 5 nitrogen and oxygen atoms in total. The van der Waals surface area contributed by atoms with E-state index in [4.69, 9.17) is 9.26 Å². The second kappa shape index (κ2) is 5.28. The quantitative estimate of drug-likeness (QED) is 0.791. The Morgan fingerprint density at radius 1 is 1.55 bits per heavy atom. The van der Waals surface area contributed by atoms with Gasteiger partial charge in [0.2, 0.25) is 0 Å². The molecule has 0 spiro atoms. The molecule has 1 fully saturated rings. The largest absolute Gasteiger partial charge is 0.416 e. The highest BCUT2D eigenvalue weighted by molar-refractivity contribution is 7.17. The number of aromatic nitrogens is 1. The molecule has 6 heteroatoms. The third-order valence-corrected chi connectivity index (χ3v) is 4.42. The summed E-state index contributed by atoms with van der Waals surface area (Å²) < 4.78 is 11.5. The summed E-state index contributed by atoms with van der Waals surface area (Å²) in [5, 5.41) is 6.20. The molecule has 0 bridgehead atoms. The lowest BCUT2D eigenvalue weighted by Crippen LogP contribution is -2.38. The van der Waals surface area contributed by atoms with Crippen LogP contribution in [-0.4, -0.2) is 29.2 Å². The van der Waals surface area contributed by atoms with Crippen LogP contribution in [0.25, 0.3) is 10.3 Å². The number of hydrogen-bond acceptors (Lipinski definition) is 5. The van der Waals surface area contributed by atoms with Crippen molar-refractivity contribution in [1.29, 1.82) is 0 Å². The highest BCUT2D eigenvalue weighted by Crippen LogP contribution is 2.35. The molecule has 0 aromatic carbocycles. The maximum Gasteiger partial charge on any atom is 0.414 e. The molecular formula is C14H16N2O3S. The summed E-state index contributed by atoms with van der Waals surface area (Å²) in [4.78, 5) is 13.5. The van der Waals surface area contributed by atoms with E-state index in [-0.39, 0.29) is 6.09 Å². The van der Waals surface area contributed by atoms with Crippen LogP contribution >= 0.6 is 11.3 Å². The normalized spacial score (nSPS) is 16.6. The molecule has 1 aliphatic rings. The lowest BCUT2D eigenvalue weighted by molar-refractivity contribution is 0.117. The molecule has 0 atom stereocenters. The zero-order valence-electron chi connectivity index (χ0n) is 11.3. The molecule has 1 saturated heterocycles. The number of fused-ring (bicyclic) bond motifs is 1. The van der Waals surface area contributed by atoms with Crippen molar-refractivity contribution in [3.05, 3.63) is 29.5 Å². The van der Waals surface area contributed by atoms with Crippen molar-refractivity contribution in [2.75, 3.05) is 13.1 Å². The zero-order valence-corrected chi connectivity index (χ0v) is 12.1. The first-order valence-electron chi connectivity index (χ1n) is 6.60. The predicted molar refractivity (Wildman–Crippen MR) is 76.7 cm³/mol. The molecule has 1 amide bonds. The Bertz CT molecular complexity index is 638. The monoisotopic (exact) mass is 292 g/mol. The number of thiophene rings is 1. The first-order chi connectivity index (χ1) is 9.65. The van der Waals surface area contributed by atoms with Gasteiger partial charge in [-0.2, -0.15) is 0 Å². The number of ether oxygens (including phenoxy) is 1. The minimum absolute atomic E-state index is 0.308. The fourth-order valence-electron chi connectivity index (χ4n) is 2.50. The van der Waals surface area contributed by atoms with Crippen LogP contribution in [0.2, 0.25) is 0 Å². The molecule has 0 unspecified atom stereocenters. The average molecular weight is 292 g/mol. The number of rotatable bonds is 2. The predicted octanol–water partition coefficient (Wildman–Crippen LogP) is 3.74. The summed E-state index contributed by atoms with van der Waals surface area (Å²) in [7, 11) is 0. The number of likely N-dealkylation sites (tertiary alicyclic amines) is 1. The van der Waals surface area contributed by atoms with Crippen molar-refractivity contribution in [1.82, 2.24) is 10.1 Å². The van der Waals surface area contributed by atoms with E-state index in [1.54, 1.807) is 23.2 Å². The van der Waals surface area contributed by atoms with Gasteiger partial charge >= 0.3 is 6.09 Å². The molecule has 3 rings (SSSR count). The van der Waals surface area contributed by atoms with Crippen molar-refractivity contribution < 1.29 is 14.1 Å². The number of carbonyl (C=O) groups is 1. The van der Waals surface area contributed by atoms with E-state index in [0.29, 0.717) is 24.8 Å². The molecule has 0 N–H and O–H groups in total. The van der Waals surface area contributed by atoms with Crippen LogP contribution in [0.3, 0.4) is 0 Å².